The number of nitrogens with two attached hydrogens (primary N) is 1. The summed E-state index contributed by atoms with van der Waals surface area (Å²) >= 11 is 0. The zero-order valence-corrected chi connectivity index (χ0v) is 9.30. The van der Waals surface area contributed by atoms with Crippen LogP contribution in [0.1, 0.15) is 5.56 Å². The number of pyridine rings is 1. The second kappa shape index (κ2) is 4.42. The lowest BCUT2D eigenvalue weighted by Gasteiger charge is -2.05. The first-order chi connectivity index (χ1) is 8.13. The van der Waals surface area contributed by atoms with Gasteiger partial charge in [-0.05, 0) is 11.6 Å². The van der Waals surface area contributed by atoms with Gasteiger partial charge in [-0.2, -0.15) is 0 Å². The van der Waals surface area contributed by atoms with Crippen LogP contribution in [0.2, 0.25) is 0 Å². The fourth-order valence-corrected chi connectivity index (χ4v) is 1.73. The van der Waals surface area contributed by atoms with Gasteiger partial charge in [0.2, 0.25) is 5.88 Å². The summed E-state index contributed by atoms with van der Waals surface area (Å²) in [6.07, 6.45) is 3.62. The number of aromatic nitrogens is 2. The maximum Gasteiger partial charge on any atom is 0.320 e. The predicted octanol–water partition coefficient (Wildman–Crippen LogP) is 0.526. The van der Waals surface area contributed by atoms with Crippen molar-refractivity contribution >= 4 is 16.9 Å². The molecule has 0 aliphatic carbocycles. The Hall–Kier alpha value is -2.08. The third-order valence-electron chi connectivity index (χ3n) is 2.60. The Morgan fingerprint density at radius 2 is 2.47 bits per heavy atom. The van der Waals surface area contributed by atoms with E-state index in [0.29, 0.717) is 5.88 Å². The molecule has 0 aliphatic heterocycles. The van der Waals surface area contributed by atoms with Crippen LogP contribution >= 0.6 is 0 Å². The van der Waals surface area contributed by atoms with E-state index in [-0.39, 0.29) is 6.42 Å². The van der Waals surface area contributed by atoms with Crippen LogP contribution in [-0.2, 0) is 11.2 Å². The first-order valence-electron chi connectivity index (χ1n) is 5.11. The molecule has 0 radical (unpaired) electrons. The summed E-state index contributed by atoms with van der Waals surface area (Å²) in [5, 5.41) is 9.66. The molecule has 4 N–H and O–H groups in total. The lowest BCUT2D eigenvalue weighted by Crippen LogP contribution is -2.32. The van der Waals surface area contributed by atoms with Crippen molar-refractivity contribution in [2.24, 2.45) is 5.73 Å². The largest absolute Gasteiger partial charge is 0.480 e. The molecule has 0 fully saturated rings. The van der Waals surface area contributed by atoms with Crippen molar-refractivity contribution < 1.29 is 14.6 Å². The quantitative estimate of drug-likeness (QED) is 0.717. The highest BCUT2D eigenvalue weighted by molar-refractivity contribution is 5.87. The molecule has 0 spiro atoms. The number of H-pyrrole nitrogens is 1. The number of carboxylic acid groups (broad SMARTS) is 1. The van der Waals surface area contributed by atoms with Crippen LogP contribution in [0.3, 0.4) is 0 Å². The van der Waals surface area contributed by atoms with Crippen LogP contribution in [0.25, 0.3) is 10.9 Å². The number of methoxy groups -OCH3 is 1. The van der Waals surface area contributed by atoms with Gasteiger partial charge < -0.3 is 20.6 Å². The zero-order valence-electron chi connectivity index (χ0n) is 9.30. The summed E-state index contributed by atoms with van der Waals surface area (Å²) in [5.74, 6) is -0.530. The standard InChI is InChI=1S/C11H13N3O3/c1-17-10-9-7(2-3-13-10)6(5-14-9)4-8(12)11(15)16/h2-3,5,8,14H,4,12H2,1H3,(H,15,16)/t8-/m0/s1. The van der Waals surface area contributed by atoms with Gasteiger partial charge in [-0.25, -0.2) is 4.98 Å². The molecule has 6 nitrogen and oxygen atoms in total. The fourth-order valence-electron chi connectivity index (χ4n) is 1.73. The molecule has 2 heterocycles. The lowest BCUT2D eigenvalue weighted by atomic mass is 10.1. The van der Waals surface area contributed by atoms with Crippen LogP contribution in [0, 0.1) is 0 Å². The SMILES string of the molecule is COc1nccc2c(C[C@H](N)C(=O)O)c[nH]c12. The molecule has 90 valence electrons. The molecule has 0 saturated heterocycles. The van der Waals surface area contributed by atoms with Gasteiger partial charge in [0, 0.05) is 24.2 Å². The van der Waals surface area contributed by atoms with Gasteiger partial charge in [0.15, 0.2) is 0 Å². The van der Waals surface area contributed by atoms with Gasteiger partial charge in [0.1, 0.15) is 11.6 Å². The van der Waals surface area contributed by atoms with Crippen LogP contribution in [0.4, 0.5) is 0 Å². The van der Waals surface area contributed by atoms with Crippen LogP contribution in [-0.4, -0.2) is 34.2 Å². The first kappa shape index (κ1) is 11.4. The molecule has 0 bridgehead atoms. The monoisotopic (exact) mass is 235 g/mol. The summed E-state index contributed by atoms with van der Waals surface area (Å²) in [6, 6.07) is 0.895. The molecule has 0 unspecified atom stereocenters. The minimum absolute atomic E-state index is 0.266. The molecule has 17 heavy (non-hydrogen) atoms. The van der Waals surface area contributed by atoms with Crippen LogP contribution in [0.5, 0.6) is 5.88 Å². The lowest BCUT2D eigenvalue weighted by molar-refractivity contribution is -0.138. The van der Waals surface area contributed by atoms with Gasteiger partial charge >= 0.3 is 5.97 Å². The van der Waals surface area contributed by atoms with Crippen molar-refractivity contribution in [2.45, 2.75) is 12.5 Å². The highest BCUT2D eigenvalue weighted by Gasteiger charge is 2.16. The number of nitrogens with zero attached hydrogens (tertiary/aromatic N) is 1. The molecule has 2 aromatic heterocycles. The first-order valence-corrected chi connectivity index (χ1v) is 5.11. The van der Waals surface area contributed by atoms with Crippen molar-refractivity contribution in [3.63, 3.8) is 0 Å². The Balaban J connectivity index is 2.40. The molecule has 2 aromatic rings. The summed E-state index contributed by atoms with van der Waals surface area (Å²) in [6.45, 7) is 0. The minimum atomic E-state index is -1.01. The maximum atomic E-state index is 10.7. The number of nitrogens with one attached hydrogen (secondary N) is 1. The summed E-state index contributed by atoms with van der Waals surface area (Å²) in [4.78, 5) is 17.8. The van der Waals surface area contributed by atoms with Gasteiger partial charge in [0.25, 0.3) is 0 Å². The minimum Gasteiger partial charge on any atom is -0.480 e. The van der Waals surface area contributed by atoms with Crippen molar-refractivity contribution in [1.29, 1.82) is 0 Å². The number of aromatic amines is 1. The Labute approximate surface area is 97.4 Å². The van der Waals surface area contributed by atoms with E-state index in [1.165, 1.54) is 7.11 Å². The third-order valence-corrected chi connectivity index (χ3v) is 2.60. The number of ether oxygens (including phenoxy) is 1. The number of hydrogen-bond donors (Lipinski definition) is 3. The van der Waals surface area contributed by atoms with E-state index in [1.807, 2.05) is 0 Å². The van der Waals surface area contributed by atoms with Gasteiger partial charge in [-0.1, -0.05) is 0 Å². The number of aliphatic carboxylic acids is 1. The molecule has 0 aromatic carbocycles. The van der Waals surface area contributed by atoms with Crippen molar-refractivity contribution in [2.75, 3.05) is 7.11 Å². The van der Waals surface area contributed by atoms with E-state index in [4.69, 9.17) is 15.6 Å². The van der Waals surface area contributed by atoms with Gasteiger partial charge in [-0.3, -0.25) is 4.79 Å². The van der Waals surface area contributed by atoms with Crippen molar-refractivity contribution in [3.8, 4) is 5.88 Å². The molecule has 0 aliphatic rings. The van der Waals surface area contributed by atoms with Crippen LogP contribution in [0.15, 0.2) is 18.5 Å². The number of carboxylic acids is 1. The van der Waals surface area contributed by atoms with E-state index < -0.39 is 12.0 Å². The summed E-state index contributed by atoms with van der Waals surface area (Å²) < 4.78 is 5.10. The van der Waals surface area contributed by atoms with Crippen LogP contribution < -0.4 is 10.5 Å². The molecule has 1 atom stereocenters. The molecule has 0 amide bonds. The molecular weight excluding hydrogens is 222 g/mol. The second-order valence-corrected chi connectivity index (χ2v) is 3.71. The topological polar surface area (TPSA) is 101 Å². The predicted molar refractivity (Wildman–Crippen MR) is 62.0 cm³/mol. The smallest absolute Gasteiger partial charge is 0.320 e. The van der Waals surface area contributed by atoms with E-state index in [2.05, 4.69) is 9.97 Å². The van der Waals surface area contributed by atoms with E-state index in [1.54, 1.807) is 18.5 Å². The average Bonchev–Trinajstić information content (AvgIpc) is 2.72. The normalized spacial score (nSPS) is 12.6. The van der Waals surface area contributed by atoms with E-state index in [0.717, 1.165) is 16.5 Å². The number of carbonyl (C=O) groups is 1. The van der Waals surface area contributed by atoms with E-state index in [9.17, 15) is 4.79 Å². The zero-order chi connectivity index (χ0) is 12.4. The summed E-state index contributed by atoms with van der Waals surface area (Å²) in [7, 11) is 1.53. The third kappa shape index (κ3) is 2.07. The second-order valence-electron chi connectivity index (χ2n) is 3.71. The van der Waals surface area contributed by atoms with Gasteiger partial charge in [-0.15, -0.1) is 0 Å². The average molecular weight is 235 g/mol. The fraction of sp³-hybridized carbons (Fsp3) is 0.273. The number of fused-ring (bicyclic) bond motifs is 1. The van der Waals surface area contributed by atoms with Gasteiger partial charge in [0.05, 0.1) is 7.11 Å². The molecule has 2 rings (SSSR count). The highest BCUT2D eigenvalue weighted by atomic mass is 16.5. The number of hydrogen-bond acceptors (Lipinski definition) is 4. The summed E-state index contributed by atoms with van der Waals surface area (Å²) in [5.41, 5.74) is 7.10. The molecule has 0 saturated carbocycles. The Bertz CT molecular complexity index is 550. The van der Waals surface area contributed by atoms with Crippen molar-refractivity contribution in [1.82, 2.24) is 9.97 Å². The Morgan fingerprint density at radius 3 is 3.12 bits per heavy atom. The van der Waals surface area contributed by atoms with Crippen molar-refractivity contribution in [3.05, 3.63) is 24.0 Å². The van der Waals surface area contributed by atoms with E-state index >= 15 is 0 Å². The highest BCUT2D eigenvalue weighted by Crippen LogP contribution is 2.25. The maximum absolute atomic E-state index is 10.7. The Kier molecular flexibility index (Phi) is 2.97. The number of rotatable bonds is 4. The molecule has 6 heteroatoms. The molecular formula is C11H13N3O3. The Morgan fingerprint density at radius 1 is 1.71 bits per heavy atom.